The summed E-state index contributed by atoms with van der Waals surface area (Å²) in [7, 11) is 0. The van der Waals surface area contributed by atoms with Crippen LogP contribution in [0.3, 0.4) is 0 Å². The van der Waals surface area contributed by atoms with Gasteiger partial charge in [-0.2, -0.15) is 0 Å². The van der Waals surface area contributed by atoms with E-state index in [4.69, 9.17) is 0 Å². The van der Waals surface area contributed by atoms with E-state index in [1.165, 1.54) is 33.1 Å². The van der Waals surface area contributed by atoms with Crippen molar-refractivity contribution >= 4 is 38.9 Å². The highest BCUT2D eigenvalue weighted by atomic mass is 15.1. The van der Waals surface area contributed by atoms with Crippen molar-refractivity contribution in [1.82, 2.24) is 4.57 Å². The van der Waals surface area contributed by atoms with Crippen molar-refractivity contribution in [3.05, 3.63) is 133 Å². The first kappa shape index (κ1) is 22.2. The molecule has 2 nitrogen and oxygen atoms in total. The predicted molar refractivity (Wildman–Crippen MR) is 154 cm³/mol. The highest BCUT2D eigenvalue weighted by Crippen LogP contribution is 2.39. The molecule has 0 aliphatic heterocycles. The molecular formula is C34H30N2. The highest BCUT2D eigenvalue weighted by Gasteiger charge is 2.18. The first-order valence-corrected chi connectivity index (χ1v) is 12.5. The third-order valence-corrected chi connectivity index (χ3v) is 6.94. The molecule has 5 aromatic carbocycles. The zero-order chi connectivity index (χ0) is 24.7. The van der Waals surface area contributed by atoms with Gasteiger partial charge in [-0.25, -0.2) is 0 Å². The number of benzene rings is 5. The van der Waals surface area contributed by atoms with Gasteiger partial charge in [0.15, 0.2) is 0 Å². The van der Waals surface area contributed by atoms with E-state index in [-0.39, 0.29) is 5.41 Å². The van der Waals surface area contributed by atoms with Crippen molar-refractivity contribution in [1.29, 1.82) is 0 Å². The van der Waals surface area contributed by atoms with E-state index in [9.17, 15) is 0 Å². The van der Waals surface area contributed by atoms with E-state index in [1.807, 2.05) is 0 Å². The fourth-order valence-corrected chi connectivity index (χ4v) is 5.09. The topological polar surface area (TPSA) is 8.17 Å². The summed E-state index contributed by atoms with van der Waals surface area (Å²) < 4.78 is 2.38. The van der Waals surface area contributed by atoms with Crippen LogP contribution in [0.4, 0.5) is 17.1 Å². The van der Waals surface area contributed by atoms with Crippen LogP contribution in [0.1, 0.15) is 26.3 Å². The Morgan fingerprint density at radius 2 is 1.06 bits per heavy atom. The molecule has 6 aromatic rings. The van der Waals surface area contributed by atoms with Gasteiger partial charge in [0.1, 0.15) is 0 Å². The summed E-state index contributed by atoms with van der Waals surface area (Å²) in [5.41, 5.74) is 8.46. The van der Waals surface area contributed by atoms with Crippen molar-refractivity contribution in [3.8, 4) is 5.69 Å². The SMILES string of the molecule is CC(C)(C)c1ccc(N(c2ccccc2)c2ccc3c4ccccc4n(-c4ccccc4)c3c2)cc1. The van der Waals surface area contributed by atoms with Crippen LogP contribution in [0.25, 0.3) is 27.5 Å². The van der Waals surface area contributed by atoms with E-state index >= 15 is 0 Å². The molecule has 0 unspecified atom stereocenters. The summed E-state index contributed by atoms with van der Waals surface area (Å²) in [5, 5.41) is 2.53. The third-order valence-electron chi connectivity index (χ3n) is 6.94. The Bertz CT molecular complexity index is 1640. The average molecular weight is 467 g/mol. The van der Waals surface area contributed by atoms with Crippen molar-refractivity contribution in [2.45, 2.75) is 26.2 Å². The van der Waals surface area contributed by atoms with Crippen LogP contribution in [-0.2, 0) is 5.41 Å². The summed E-state index contributed by atoms with van der Waals surface area (Å²) in [5.74, 6) is 0. The second-order valence-corrected chi connectivity index (χ2v) is 10.4. The fourth-order valence-electron chi connectivity index (χ4n) is 5.09. The summed E-state index contributed by atoms with van der Waals surface area (Å²) in [4.78, 5) is 2.35. The van der Waals surface area contributed by atoms with Gasteiger partial charge >= 0.3 is 0 Å². The minimum atomic E-state index is 0.117. The molecule has 0 N–H and O–H groups in total. The van der Waals surface area contributed by atoms with E-state index < -0.39 is 0 Å². The minimum absolute atomic E-state index is 0.117. The first-order valence-electron chi connectivity index (χ1n) is 12.5. The molecule has 0 aliphatic rings. The molecule has 0 radical (unpaired) electrons. The molecular weight excluding hydrogens is 436 g/mol. The van der Waals surface area contributed by atoms with Gasteiger partial charge < -0.3 is 9.47 Å². The Morgan fingerprint density at radius 3 is 1.75 bits per heavy atom. The van der Waals surface area contributed by atoms with Crippen molar-refractivity contribution in [2.75, 3.05) is 4.90 Å². The maximum absolute atomic E-state index is 2.38. The van der Waals surface area contributed by atoms with Gasteiger partial charge in [0, 0.05) is 33.5 Å². The Kier molecular flexibility index (Phi) is 5.38. The largest absolute Gasteiger partial charge is 0.310 e. The second-order valence-electron chi connectivity index (χ2n) is 10.4. The predicted octanol–water partition coefficient (Wildman–Crippen LogP) is 9.55. The fraction of sp³-hybridized carbons (Fsp3) is 0.118. The lowest BCUT2D eigenvalue weighted by Crippen LogP contribution is -2.13. The van der Waals surface area contributed by atoms with E-state index in [2.05, 4.69) is 158 Å². The normalized spacial score (nSPS) is 11.8. The summed E-state index contributed by atoms with van der Waals surface area (Å²) in [6.07, 6.45) is 0. The maximum atomic E-state index is 2.38. The van der Waals surface area contributed by atoms with Gasteiger partial charge in [-0.15, -0.1) is 0 Å². The molecule has 0 fully saturated rings. The molecule has 0 atom stereocenters. The third kappa shape index (κ3) is 3.85. The van der Waals surface area contributed by atoms with Crippen LogP contribution < -0.4 is 4.90 Å². The maximum Gasteiger partial charge on any atom is 0.0561 e. The van der Waals surface area contributed by atoms with Crippen LogP contribution in [0.2, 0.25) is 0 Å². The van der Waals surface area contributed by atoms with Gasteiger partial charge in [0.25, 0.3) is 0 Å². The van der Waals surface area contributed by atoms with Gasteiger partial charge in [-0.05, 0) is 65.6 Å². The Morgan fingerprint density at radius 1 is 0.500 bits per heavy atom. The smallest absolute Gasteiger partial charge is 0.0561 e. The van der Waals surface area contributed by atoms with Crippen LogP contribution in [0.15, 0.2) is 127 Å². The first-order chi connectivity index (χ1) is 17.5. The van der Waals surface area contributed by atoms with E-state index in [0.717, 1.165) is 17.1 Å². The Balaban J connectivity index is 1.59. The Hall–Kier alpha value is -4.30. The number of nitrogens with zero attached hydrogens (tertiary/aromatic N) is 2. The monoisotopic (exact) mass is 466 g/mol. The Labute approximate surface area is 213 Å². The molecule has 0 saturated carbocycles. The summed E-state index contributed by atoms with van der Waals surface area (Å²) in [6, 6.07) is 45.8. The molecule has 1 heterocycles. The van der Waals surface area contributed by atoms with Gasteiger partial charge in [0.2, 0.25) is 0 Å². The molecule has 6 rings (SSSR count). The minimum Gasteiger partial charge on any atom is -0.310 e. The molecule has 176 valence electrons. The number of rotatable bonds is 4. The van der Waals surface area contributed by atoms with E-state index in [1.54, 1.807) is 0 Å². The number of anilines is 3. The average Bonchev–Trinajstić information content (AvgIpc) is 3.23. The number of para-hydroxylation sites is 3. The lowest BCUT2D eigenvalue weighted by molar-refractivity contribution is 0.590. The van der Waals surface area contributed by atoms with Crippen LogP contribution >= 0.6 is 0 Å². The molecule has 36 heavy (non-hydrogen) atoms. The highest BCUT2D eigenvalue weighted by molar-refractivity contribution is 6.10. The number of hydrogen-bond acceptors (Lipinski definition) is 1. The zero-order valence-electron chi connectivity index (χ0n) is 21.0. The molecule has 1 aromatic heterocycles. The van der Waals surface area contributed by atoms with Gasteiger partial charge in [-0.3, -0.25) is 0 Å². The zero-order valence-corrected chi connectivity index (χ0v) is 21.0. The lowest BCUT2D eigenvalue weighted by Gasteiger charge is -2.27. The van der Waals surface area contributed by atoms with Crippen molar-refractivity contribution < 1.29 is 0 Å². The lowest BCUT2D eigenvalue weighted by atomic mass is 9.87. The quantitative estimate of drug-likeness (QED) is 0.251. The van der Waals surface area contributed by atoms with Gasteiger partial charge in [-0.1, -0.05) is 93.6 Å². The molecule has 2 heteroatoms. The van der Waals surface area contributed by atoms with Crippen molar-refractivity contribution in [3.63, 3.8) is 0 Å². The van der Waals surface area contributed by atoms with Crippen LogP contribution in [-0.4, -0.2) is 4.57 Å². The molecule has 0 amide bonds. The van der Waals surface area contributed by atoms with Crippen LogP contribution in [0.5, 0.6) is 0 Å². The number of fused-ring (bicyclic) bond motifs is 3. The molecule has 0 spiro atoms. The molecule has 0 aliphatic carbocycles. The molecule has 0 saturated heterocycles. The standard InChI is InChI=1S/C34H30N2/c1-34(2,3)25-18-20-28(21-19-25)35(26-12-6-4-7-13-26)29-22-23-31-30-16-10-11-17-32(30)36(33(31)24-29)27-14-8-5-9-15-27/h4-24H,1-3H3. The van der Waals surface area contributed by atoms with Crippen LogP contribution in [0, 0.1) is 0 Å². The molecule has 0 bridgehead atoms. The summed E-state index contributed by atoms with van der Waals surface area (Å²) in [6.45, 7) is 6.77. The van der Waals surface area contributed by atoms with Crippen molar-refractivity contribution in [2.24, 2.45) is 0 Å². The summed E-state index contributed by atoms with van der Waals surface area (Å²) >= 11 is 0. The number of aromatic nitrogens is 1. The number of hydrogen-bond donors (Lipinski definition) is 0. The second kappa shape index (κ2) is 8.73. The van der Waals surface area contributed by atoms with Gasteiger partial charge in [0.05, 0.1) is 11.0 Å². The van der Waals surface area contributed by atoms with E-state index in [0.29, 0.717) is 0 Å².